The molecule has 0 saturated carbocycles. The summed E-state index contributed by atoms with van der Waals surface area (Å²) in [5.41, 5.74) is 13.0. The van der Waals surface area contributed by atoms with Gasteiger partial charge in [-0.15, -0.1) is 0 Å². The Labute approximate surface area is 478 Å². The Morgan fingerprint density at radius 1 is 0.582 bits per heavy atom. The van der Waals surface area contributed by atoms with Gasteiger partial charge in [-0.2, -0.15) is 0 Å². The largest absolute Gasteiger partial charge is 0.437 e. The van der Waals surface area contributed by atoms with Crippen LogP contribution in [0.5, 0.6) is 0 Å². The van der Waals surface area contributed by atoms with Crippen LogP contribution in [0.25, 0.3) is 22.5 Å². The number of hydrogen-bond donors (Lipinski definition) is 6. The Kier molecular flexibility index (Phi) is 24.7. The number of nitrogens with zero attached hydrogens (tertiary/aromatic N) is 4. The molecular formula is C62H98B2N8O5Si2. The van der Waals surface area contributed by atoms with Crippen LogP contribution in [-0.4, -0.2) is 98.0 Å². The molecule has 0 saturated heterocycles. The average Bonchev–Trinajstić information content (AvgIpc) is 4.09. The minimum absolute atomic E-state index is 0.0233. The number of hydrogen-bond acceptors (Lipinski definition) is 11. The highest BCUT2D eigenvalue weighted by Crippen LogP contribution is 2.39. The van der Waals surface area contributed by atoms with Crippen LogP contribution in [0.1, 0.15) is 118 Å². The van der Waals surface area contributed by atoms with Gasteiger partial charge in [-0.25, -0.2) is 9.97 Å². The standard InChI is InChI=1S/C31H49BN4O2Si.C21H25N3.C10H24BNO3Si/c1-30(2,3)28(33-20-26(35-32(7)37)23-38-39(8,9)31(4,5)6)29-34-27(25-18-14-11-15-19-25)22-36(29)21-24-16-12-10-13-17-24;1-21(2,3)19(22)20-23-18(17-12-8-5-9-13-17)15-24(20)14-16-10-6-4-7-11-16;1-10(2,3)16(5,6)15-8-9(7-13)12-11(4)14/h10-19,22,26,28,33,35,37H,20-21,23H2,1-9H3;4-13,15,19H,14,22H2,1-3H3;7,9,12,14H,8H2,1-6H3/t26-,28-;19-;9-/m000/s1. The first-order valence-electron chi connectivity index (χ1n) is 28.2. The molecule has 0 aliphatic carbocycles. The molecule has 79 heavy (non-hydrogen) atoms. The first-order chi connectivity index (χ1) is 36.7. The van der Waals surface area contributed by atoms with E-state index < -0.39 is 36.8 Å². The van der Waals surface area contributed by atoms with Gasteiger partial charge in [-0.05, 0) is 71.9 Å². The second-order valence-electron chi connectivity index (χ2n) is 26.2. The number of aromatic nitrogens is 4. The lowest BCUT2D eigenvalue weighted by Crippen LogP contribution is -2.52. The van der Waals surface area contributed by atoms with Crippen LogP contribution in [0.4, 0.5) is 0 Å². The van der Waals surface area contributed by atoms with Gasteiger partial charge in [0, 0.05) is 55.8 Å². The summed E-state index contributed by atoms with van der Waals surface area (Å²) in [4.78, 5) is 20.9. The van der Waals surface area contributed by atoms with Crippen LogP contribution in [-0.2, 0) is 26.7 Å². The highest BCUT2D eigenvalue weighted by molar-refractivity contribution is 6.74. The number of nitrogens with one attached hydrogen (secondary N) is 3. The normalized spacial score (nSPS) is 14.0. The molecule has 7 N–H and O–H groups in total. The molecule has 17 heteroatoms. The Morgan fingerprint density at radius 2 is 0.962 bits per heavy atom. The van der Waals surface area contributed by atoms with Gasteiger partial charge < -0.3 is 54.3 Å². The van der Waals surface area contributed by atoms with Crippen LogP contribution >= 0.6 is 0 Å². The van der Waals surface area contributed by atoms with E-state index in [4.69, 9.17) is 29.6 Å². The number of rotatable bonds is 22. The SMILES string of the molecule is CB(O)N[C@@H](C=O)CO[Si](C)(C)C(C)(C)C.CB(O)N[C@@H](CN[C@@H](c1nc(-c2ccccc2)cn1Cc1ccccc1)C(C)(C)C)CO[Si](C)(C)C(C)(C)C.CC(C)(C)[C@@H](N)c1nc(-c2ccccc2)cn1Cc1ccccc1. The lowest BCUT2D eigenvalue weighted by atomic mass is 9.85. The highest BCUT2D eigenvalue weighted by atomic mass is 28.4. The van der Waals surface area contributed by atoms with Crippen LogP contribution in [0, 0.1) is 10.8 Å². The van der Waals surface area contributed by atoms with E-state index in [0.717, 1.165) is 53.5 Å². The van der Waals surface area contributed by atoms with Crippen molar-refractivity contribution >= 4 is 37.0 Å². The van der Waals surface area contributed by atoms with E-state index in [-0.39, 0.29) is 39.0 Å². The van der Waals surface area contributed by atoms with Crippen molar-refractivity contribution in [2.45, 2.75) is 170 Å². The Hall–Kier alpha value is -4.79. The fourth-order valence-electron chi connectivity index (χ4n) is 8.06. The van der Waals surface area contributed by atoms with E-state index in [2.05, 4.69) is 238 Å². The summed E-state index contributed by atoms with van der Waals surface area (Å²) in [7, 11) is -5.07. The maximum Gasteiger partial charge on any atom is 0.374 e. The molecule has 0 radical (unpaired) electrons. The van der Waals surface area contributed by atoms with Crippen molar-refractivity contribution in [1.82, 2.24) is 34.9 Å². The second kappa shape index (κ2) is 29.3. The van der Waals surface area contributed by atoms with Gasteiger partial charge in [0.1, 0.15) is 17.9 Å². The fraction of sp³-hybridized carbons (Fsp3) is 0.500. The lowest BCUT2D eigenvalue weighted by molar-refractivity contribution is -0.109. The maximum absolute atomic E-state index is 10.8. The van der Waals surface area contributed by atoms with E-state index in [1.807, 2.05) is 30.3 Å². The van der Waals surface area contributed by atoms with Crippen molar-refractivity contribution in [2.75, 3.05) is 19.8 Å². The third-order valence-electron chi connectivity index (χ3n) is 15.0. The molecule has 0 unspecified atom stereocenters. The monoisotopic (exact) mass is 1110 g/mol. The Morgan fingerprint density at radius 3 is 1.33 bits per heavy atom. The summed E-state index contributed by atoms with van der Waals surface area (Å²) in [5, 5.41) is 29.5. The predicted molar refractivity (Wildman–Crippen MR) is 337 cm³/mol. The molecule has 0 aliphatic heterocycles. The summed E-state index contributed by atoms with van der Waals surface area (Å²) < 4.78 is 16.9. The van der Waals surface area contributed by atoms with Gasteiger partial charge in [-0.1, -0.05) is 204 Å². The molecule has 0 bridgehead atoms. The van der Waals surface area contributed by atoms with Gasteiger partial charge in [0.25, 0.3) is 0 Å². The third kappa shape index (κ3) is 21.2. The van der Waals surface area contributed by atoms with Gasteiger partial charge in [0.2, 0.25) is 0 Å². The number of imidazole rings is 2. The summed E-state index contributed by atoms with van der Waals surface area (Å²) in [5.74, 6) is 1.94. The van der Waals surface area contributed by atoms with Crippen LogP contribution in [0.15, 0.2) is 134 Å². The quantitative estimate of drug-likeness (QED) is 0.0282. The van der Waals surface area contributed by atoms with Crippen LogP contribution in [0.2, 0.25) is 49.9 Å². The summed E-state index contributed by atoms with van der Waals surface area (Å²) >= 11 is 0. The van der Waals surface area contributed by atoms with Crippen molar-refractivity contribution < 1.29 is 23.7 Å². The topological polar surface area (TPSA) is 174 Å². The molecular weight excluding hydrogens is 1010 g/mol. The minimum atomic E-state index is -1.93. The molecule has 0 aliphatic rings. The molecule has 4 aromatic carbocycles. The molecule has 0 fully saturated rings. The van der Waals surface area contributed by atoms with E-state index >= 15 is 0 Å². The Bertz CT molecular complexity index is 2700. The molecule has 430 valence electrons. The fourth-order valence-corrected chi connectivity index (χ4v) is 10.1. The summed E-state index contributed by atoms with van der Waals surface area (Å²) in [6.07, 6.45) is 5.06. The highest BCUT2D eigenvalue weighted by Gasteiger charge is 2.39. The molecule has 13 nitrogen and oxygen atoms in total. The summed E-state index contributed by atoms with van der Waals surface area (Å²) in [6.45, 7) is 41.6. The van der Waals surface area contributed by atoms with E-state index in [1.54, 1.807) is 13.6 Å². The first-order valence-corrected chi connectivity index (χ1v) is 34.0. The molecule has 4 atom stereocenters. The molecule has 2 aromatic heterocycles. The number of carbonyl (C=O) groups is 1. The van der Waals surface area contributed by atoms with E-state index in [0.29, 0.717) is 19.8 Å². The molecule has 6 aromatic rings. The molecule has 0 amide bonds. The van der Waals surface area contributed by atoms with E-state index in [1.165, 1.54) is 11.1 Å². The number of carbonyl (C=O) groups excluding carboxylic acids is 1. The second-order valence-corrected chi connectivity index (χ2v) is 35.9. The molecule has 2 heterocycles. The minimum Gasteiger partial charge on any atom is -0.437 e. The maximum atomic E-state index is 10.8. The zero-order valence-electron chi connectivity index (χ0n) is 51.3. The van der Waals surface area contributed by atoms with Crippen molar-refractivity contribution in [1.29, 1.82) is 0 Å². The van der Waals surface area contributed by atoms with Crippen LogP contribution < -0.4 is 21.5 Å². The Balaban J connectivity index is 0.000000285. The first kappa shape index (κ1) is 66.7. The van der Waals surface area contributed by atoms with Crippen molar-refractivity contribution in [3.8, 4) is 22.5 Å². The zero-order valence-corrected chi connectivity index (χ0v) is 53.3. The van der Waals surface area contributed by atoms with Gasteiger partial charge in [0.05, 0.1) is 36.1 Å². The van der Waals surface area contributed by atoms with E-state index in [9.17, 15) is 9.82 Å². The third-order valence-corrected chi connectivity index (χ3v) is 24.0. The number of benzene rings is 4. The lowest BCUT2D eigenvalue weighted by Gasteiger charge is -2.38. The summed E-state index contributed by atoms with van der Waals surface area (Å²) in [6, 6.07) is 41.0. The average molecular weight is 1110 g/mol. The number of aldehydes is 1. The van der Waals surface area contributed by atoms with Crippen molar-refractivity contribution in [3.05, 3.63) is 156 Å². The zero-order chi connectivity index (χ0) is 59.0. The van der Waals surface area contributed by atoms with Gasteiger partial charge in [-0.3, -0.25) is 0 Å². The molecule has 0 spiro atoms. The van der Waals surface area contributed by atoms with Gasteiger partial charge in [0.15, 0.2) is 16.6 Å². The molecule has 6 rings (SSSR count). The van der Waals surface area contributed by atoms with Gasteiger partial charge >= 0.3 is 14.1 Å². The number of nitrogens with two attached hydrogens (primary N) is 1. The predicted octanol–water partition coefficient (Wildman–Crippen LogP) is 12.3. The van der Waals surface area contributed by atoms with Crippen LogP contribution in [0.3, 0.4) is 0 Å². The smallest absolute Gasteiger partial charge is 0.374 e. The van der Waals surface area contributed by atoms with Crippen molar-refractivity contribution in [3.63, 3.8) is 0 Å². The van der Waals surface area contributed by atoms with Crippen molar-refractivity contribution in [2.24, 2.45) is 16.6 Å².